The molecule has 0 aliphatic carbocycles. The molecule has 0 N–H and O–H groups in total. The van der Waals surface area contributed by atoms with Gasteiger partial charge in [-0.15, -0.1) is 0 Å². The highest BCUT2D eigenvalue weighted by molar-refractivity contribution is 5.64. The van der Waals surface area contributed by atoms with Crippen molar-refractivity contribution in [3.8, 4) is 34.0 Å². The van der Waals surface area contributed by atoms with Gasteiger partial charge >= 0.3 is 0 Å². The quantitative estimate of drug-likeness (QED) is 0.414. The van der Waals surface area contributed by atoms with Crippen LogP contribution in [-0.4, -0.2) is 33.8 Å². The number of nitrogens with zero attached hydrogens (tertiary/aromatic N) is 4. The molecule has 0 bridgehead atoms. The van der Waals surface area contributed by atoms with E-state index in [9.17, 15) is 0 Å². The highest BCUT2D eigenvalue weighted by Gasteiger charge is 2.09. The Balaban J connectivity index is 0.000000181. The zero-order chi connectivity index (χ0) is 23.1. The van der Waals surface area contributed by atoms with Crippen molar-refractivity contribution in [2.45, 2.75) is 26.7 Å². The van der Waals surface area contributed by atoms with E-state index in [2.05, 4.69) is 42.4 Å². The van der Waals surface area contributed by atoms with Crippen LogP contribution in [-0.2, 0) is 26.9 Å². The second-order valence-electron chi connectivity index (χ2n) is 7.48. The number of methoxy groups -OCH3 is 2. The summed E-state index contributed by atoms with van der Waals surface area (Å²) in [5, 5.41) is 8.77. The van der Waals surface area contributed by atoms with Crippen LogP contribution in [0.5, 0.6) is 11.5 Å². The molecular weight excluding hydrogens is 400 g/mol. The van der Waals surface area contributed by atoms with Crippen LogP contribution in [0.25, 0.3) is 22.5 Å². The lowest BCUT2D eigenvalue weighted by atomic mass is 10.1. The van der Waals surface area contributed by atoms with E-state index >= 15 is 0 Å². The van der Waals surface area contributed by atoms with Crippen LogP contribution < -0.4 is 9.47 Å². The van der Waals surface area contributed by atoms with Crippen LogP contribution >= 0.6 is 0 Å². The van der Waals surface area contributed by atoms with E-state index in [1.165, 1.54) is 22.4 Å². The van der Waals surface area contributed by atoms with E-state index < -0.39 is 0 Å². The van der Waals surface area contributed by atoms with Gasteiger partial charge in [-0.2, -0.15) is 10.2 Å². The average Bonchev–Trinajstić information content (AvgIpc) is 3.41. The predicted molar refractivity (Wildman–Crippen MR) is 129 cm³/mol. The van der Waals surface area contributed by atoms with Crippen molar-refractivity contribution in [2.75, 3.05) is 14.2 Å². The number of ether oxygens (including phenoxy) is 2. The van der Waals surface area contributed by atoms with E-state index in [0.717, 1.165) is 35.6 Å². The third-order valence-corrected chi connectivity index (χ3v) is 5.41. The Labute approximate surface area is 190 Å². The van der Waals surface area contributed by atoms with Gasteiger partial charge in [0.05, 0.1) is 31.8 Å². The van der Waals surface area contributed by atoms with Crippen LogP contribution in [0.4, 0.5) is 0 Å². The van der Waals surface area contributed by atoms with Crippen molar-refractivity contribution in [3.63, 3.8) is 0 Å². The molecule has 4 aromatic rings. The second-order valence-corrected chi connectivity index (χ2v) is 7.48. The molecule has 168 valence electrons. The predicted octanol–water partition coefficient (Wildman–Crippen LogP) is 5.32. The van der Waals surface area contributed by atoms with Crippen molar-refractivity contribution in [2.24, 2.45) is 14.1 Å². The highest BCUT2D eigenvalue weighted by atomic mass is 16.5. The van der Waals surface area contributed by atoms with Gasteiger partial charge in [-0.25, -0.2) is 0 Å². The fraction of sp³-hybridized carbons (Fsp3) is 0.308. The number of benzene rings is 2. The van der Waals surface area contributed by atoms with Crippen LogP contribution in [0.1, 0.15) is 25.0 Å². The van der Waals surface area contributed by atoms with E-state index in [-0.39, 0.29) is 0 Å². The molecule has 2 heterocycles. The molecule has 0 fully saturated rings. The third-order valence-electron chi connectivity index (χ3n) is 5.41. The maximum absolute atomic E-state index is 5.15. The summed E-state index contributed by atoms with van der Waals surface area (Å²) in [7, 11) is 7.27. The van der Waals surface area contributed by atoms with Crippen LogP contribution in [0.2, 0.25) is 0 Å². The van der Waals surface area contributed by atoms with E-state index in [1.807, 2.05) is 66.1 Å². The summed E-state index contributed by atoms with van der Waals surface area (Å²) >= 11 is 0. The Hall–Kier alpha value is -3.54. The maximum atomic E-state index is 5.15. The molecule has 0 aliphatic heterocycles. The van der Waals surface area contributed by atoms with Gasteiger partial charge in [0.25, 0.3) is 0 Å². The Kier molecular flexibility index (Phi) is 7.71. The summed E-state index contributed by atoms with van der Waals surface area (Å²) in [6, 6.07) is 16.1. The second kappa shape index (κ2) is 10.7. The summed E-state index contributed by atoms with van der Waals surface area (Å²) in [4.78, 5) is 0. The number of rotatable bonds is 6. The van der Waals surface area contributed by atoms with Crippen LogP contribution in [0.15, 0.2) is 60.9 Å². The fourth-order valence-corrected chi connectivity index (χ4v) is 3.65. The molecule has 0 saturated heterocycles. The molecule has 0 atom stereocenters. The van der Waals surface area contributed by atoms with Crippen molar-refractivity contribution >= 4 is 0 Å². The summed E-state index contributed by atoms with van der Waals surface area (Å²) in [5.41, 5.74) is 7.11. The third kappa shape index (κ3) is 5.19. The molecule has 6 nitrogen and oxygen atoms in total. The molecule has 2 aromatic carbocycles. The molecule has 0 aliphatic rings. The van der Waals surface area contributed by atoms with Gasteiger partial charge in [-0.1, -0.05) is 13.8 Å². The number of hydrogen-bond acceptors (Lipinski definition) is 4. The zero-order valence-electron chi connectivity index (χ0n) is 19.8. The first-order valence-electron chi connectivity index (χ1n) is 10.8. The summed E-state index contributed by atoms with van der Waals surface area (Å²) in [6.45, 7) is 4.29. The van der Waals surface area contributed by atoms with Crippen molar-refractivity contribution in [3.05, 3.63) is 72.1 Å². The summed E-state index contributed by atoms with van der Waals surface area (Å²) < 4.78 is 14.1. The largest absolute Gasteiger partial charge is 0.497 e. The first kappa shape index (κ1) is 23.1. The van der Waals surface area contributed by atoms with Crippen LogP contribution in [0, 0.1) is 0 Å². The fourth-order valence-electron chi connectivity index (χ4n) is 3.65. The van der Waals surface area contributed by atoms with Crippen molar-refractivity contribution < 1.29 is 9.47 Å². The first-order valence-corrected chi connectivity index (χ1v) is 10.8. The molecule has 0 radical (unpaired) electrons. The Bertz CT molecular complexity index is 1120. The van der Waals surface area contributed by atoms with E-state index in [4.69, 9.17) is 9.47 Å². The first-order chi connectivity index (χ1) is 15.5. The average molecular weight is 433 g/mol. The monoisotopic (exact) mass is 432 g/mol. The lowest BCUT2D eigenvalue weighted by Gasteiger charge is -2.06. The van der Waals surface area contributed by atoms with Gasteiger partial charge in [-0.3, -0.25) is 9.36 Å². The maximum Gasteiger partial charge on any atom is 0.118 e. The van der Waals surface area contributed by atoms with E-state index in [1.54, 1.807) is 14.2 Å². The lowest BCUT2D eigenvalue weighted by molar-refractivity contribution is 0.414. The SMILES string of the molecule is CCc1cn(C)nc1-c1ccc(OC)cc1.CCc1cnn(C)c1-c1ccc(OC)cc1. The van der Waals surface area contributed by atoms with Gasteiger partial charge in [0.2, 0.25) is 0 Å². The van der Waals surface area contributed by atoms with Gasteiger partial charge in [0.15, 0.2) is 0 Å². The smallest absolute Gasteiger partial charge is 0.118 e. The van der Waals surface area contributed by atoms with Gasteiger partial charge in [0, 0.05) is 31.4 Å². The van der Waals surface area contributed by atoms with Crippen molar-refractivity contribution in [1.82, 2.24) is 19.6 Å². The molecule has 0 unspecified atom stereocenters. The molecule has 32 heavy (non-hydrogen) atoms. The van der Waals surface area contributed by atoms with Crippen LogP contribution in [0.3, 0.4) is 0 Å². The Morgan fingerprint density at radius 3 is 1.78 bits per heavy atom. The summed E-state index contributed by atoms with van der Waals surface area (Å²) in [5.74, 6) is 1.75. The molecule has 0 spiro atoms. The zero-order valence-corrected chi connectivity index (χ0v) is 19.8. The normalized spacial score (nSPS) is 10.4. The molecule has 6 heteroatoms. The van der Waals surface area contributed by atoms with Crippen molar-refractivity contribution in [1.29, 1.82) is 0 Å². The molecule has 2 aromatic heterocycles. The van der Waals surface area contributed by atoms with E-state index in [0.29, 0.717) is 0 Å². The lowest BCUT2D eigenvalue weighted by Crippen LogP contribution is -1.95. The number of aryl methyl sites for hydroxylation is 4. The summed E-state index contributed by atoms with van der Waals surface area (Å²) in [6.07, 6.45) is 5.99. The van der Waals surface area contributed by atoms with Gasteiger partial charge in [-0.05, 0) is 72.5 Å². The Morgan fingerprint density at radius 1 is 0.750 bits per heavy atom. The highest BCUT2D eigenvalue weighted by Crippen LogP contribution is 2.26. The minimum Gasteiger partial charge on any atom is -0.497 e. The van der Waals surface area contributed by atoms with Gasteiger partial charge in [0.1, 0.15) is 11.5 Å². The number of hydrogen-bond donors (Lipinski definition) is 0. The molecular formula is C26H32N4O2. The number of aromatic nitrogens is 4. The molecule has 0 amide bonds. The molecule has 4 rings (SSSR count). The minimum absolute atomic E-state index is 0.873. The topological polar surface area (TPSA) is 54.1 Å². The minimum atomic E-state index is 0.873. The molecule has 0 saturated carbocycles. The standard InChI is InChI=1S/2C13H16N2O/c1-4-10-9-15(2)14-13(10)11-5-7-12(16-3)8-6-11;1-4-10-9-14-15(2)13(10)11-5-7-12(16-3)8-6-11/h2*5-9H,4H2,1-3H3. The van der Waals surface area contributed by atoms with Gasteiger partial charge < -0.3 is 9.47 Å². The Morgan fingerprint density at radius 2 is 1.28 bits per heavy atom.